The molecule has 0 bridgehead atoms. The van der Waals surface area contributed by atoms with Gasteiger partial charge in [0, 0.05) is 34.8 Å². The maximum atomic E-state index is 13.1. The average molecular weight is 595 g/mol. The fraction of sp³-hybridized carbons (Fsp3) is 0.265. The van der Waals surface area contributed by atoms with Crippen molar-refractivity contribution >= 4 is 40.8 Å². The molecule has 2 aromatic heterocycles. The number of carbonyl (C=O) groups is 3. The second-order valence-electron chi connectivity index (χ2n) is 11.8. The Hall–Kier alpha value is -4.63. The normalized spacial score (nSPS) is 13.9. The maximum Gasteiger partial charge on any atom is 0.325 e. The molecule has 1 aliphatic carbocycles. The Morgan fingerprint density at radius 1 is 0.930 bits per heavy atom. The molecule has 8 nitrogen and oxygen atoms in total. The molecular formula is C34H34N4O4S. The summed E-state index contributed by atoms with van der Waals surface area (Å²) in [4.78, 5) is 48.3. The molecule has 0 spiro atoms. The third-order valence-corrected chi connectivity index (χ3v) is 8.87. The first kappa shape index (κ1) is 29.8. The second kappa shape index (κ2) is 12.3. The lowest BCUT2D eigenvalue weighted by molar-refractivity contribution is -0.141. The number of aromatic nitrogens is 2. The molecule has 0 saturated heterocycles. The van der Waals surface area contributed by atoms with Gasteiger partial charge >= 0.3 is 5.97 Å². The Labute approximate surface area is 254 Å². The topological polar surface area (TPSA) is 121 Å². The smallest absolute Gasteiger partial charge is 0.325 e. The van der Waals surface area contributed by atoms with Crippen molar-refractivity contribution in [2.24, 2.45) is 0 Å². The number of rotatable bonds is 9. The molecule has 220 valence electrons. The Morgan fingerprint density at radius 3 is 2.26 bits per heavy atom. The third-order valence-electron chi connectivity index (χ3n) is 7.36. The van der Waals surface area contributed by atoms with Gasteiger partial charge in [-0.1, -0.05) is 75.4 Å². The van der Waals surface area contributed by atoms with E-state index in [1.807, 2.05) is 54.9 Å². The summed E-state index contributed by atoms with van der Waals surface area (Å²) in [6.45, 7) is 7.59. The van der Waals surface area contributed by atoms with Gasteiger partial charge in [0.15, 0.2) is 5.82 Å². The van der Waals surface area contributed by atoms with Gasteiger partial charge in [0.25, 0.3) is 5.91 Å². The van der Waals surface area contributed by atoms with Gasteiger partial charge in [0.05, 0.1) is 4.88 Å². The van der Waals surface area contributed by atoms with Crippen LogP contribution in [-0.4, -0.2) is 44.9 Å². The largest absolute Gasteiger partial charge is 0.480 e. The van der Waals surface area contributed by atoms with Crippen LogP contribution in [-0.2, 0) is 27.8 Å². The number of carboxylic acid groups (broad SMARTS) is 1. The van der Waals surface area contributed by atoms with Gasteiger partial charge < -0.3 is 15.7 Å². The second-order valence-corrected chi connectivity index (χ2v) is 12.8. The number of amides is 2. The van der Waals surface area contributed by atoms with Crippen LogP contribution in [0.4, 0.5) is 0 Å². The lowest BCUT2D eigenvalue weighted by atomic mass is 9.95. The highest BCUT2D eigenvalue weighted by atomic mass is 32.1. The summed E-state index contributed by atoms with van der Waals surface area (Å²) in [6, 6.07) is 17.4. The predicted octanol–water partition coefficient (Wildman–Crippen LogP) is 5.53. The molecule has 0 fully saturated rings. The number of nitrogens with one attached hydrogen (secondary N) is 2. The molecule has 9 heteroatoms. The van der Waals surface area contributed by atoms with E-state index in [1.54, 1.807) is 6.07 Å². The standard InChI is InChI=1S/C34H34N4O4S/c1-20(33(41)42)37-31(39)27(38-32(40)28-13-14-29(43-28)34(2,3)4)15-21-9-11-22(12-10-21)30-35-18-26(19-36-30)25-16-23-7-5-6-8-24(23)17-25/h5-14,16,18-20,27H,15,17H2,1-4H3,(H,37,39)(H,38,40)(H,41,42)/t20-,27+/m1/s1. The van der Waals surface area contributed by atoms with E-state index in [-0.39, 0.29) is 17.7 Å². The molecular weight excluding hydrogens is 560 g/mol. The van der Waals surface area contributed by atoms with E-state index in [0.29, 0.717) is 10.7 Å². The van der Waals surface area contributed by atoms with Crippen LogP contribution in [0.25, 0.3) is 23.0 Å². The van der Waals surface area contributed by atoms with Crippen molar-refractivity contribution in [1.29, 1.82) is 0 Å². The van der Waals surface area contributed by atoms with Crippen molar-refractivity contribution in [3.63, 3.8) is 0 Å². The van der Waals surface area contributed by atoms with E-state index >= 15 is 0 Å². The molecule has 2 aromatic carbocycles. The van der Waals surface area contributed by atoms with Crippen molar-refractivity contribution in [3.8, 4) is 11.4 Å². The van der Waals surface area contributed by atoms with Gasteiger partial charge in [-0.05, 0) is 53.2 Å². The van der Waals surface area contributed by atoms with E-state index in [4.69, 9.17) is 0 Å². The number of benzene rings is 2. The first-order valence-corrected chi connectivity index (χ1v) is 14.9. The highest BCUT2D eigenvalue weighted by Crippen LogP contribution is 2.31. The van der Waals surface area contributed by atoms with Crippen molar-refractivity contribution in [2.45, 2.75) is 58.0 Å². The molecule has 2 amide bonds. The van der Waals surface area contributed by atoms with Crippen molar-refractivity contribution in [2.75, 3.05) is 0 Å². The predicted molar refractivity (Wildman–Crippen MR) is 169 cm³/mol. The van der Waals surface area contributed by atoms with Gasteiger partial charge in [-0.15, -0.1) is 11.3 Å². The highest BCUT2D eigenvalue weighted by molar-refractivity contribution is 7.14. The summed E-state index contributed by atoms with van der Waals surface area (Å²) in [6.07, 6.45) is 6.88. The van der Waals surface area contributed by atoms with Gasteiger partial charge in [0.2, 0.25) is 5.91 Å². The number of allylic oxidation sites excluding steroid dienone is 1. The number of aliphatic carboxylic acids is 1. The molecule has 0 aliphatic heterocycles. The van der Waals surface area contributed by atoms with Crippen LogP contribution in [0.3, 0.4) is 0 Å². The van der Waals surface area contributed by atoms with Crippen LogP contribution in [0.1, 0.15) is 64.5 Å². The lowest BCUT2D eigenvalue weighted by Crippen LogP contribution is -2.51. The van der Waals surface area contributed by atoms with Gasteiger partial charge in [-0.3, -0.25) is 14.4 Å². The first-order chi connectivity index (χ1) is 20.5. The fourth-order valence-corrected chi connectivity index (χ4v) is 5.78. The SMILES string of the molecule is C[C@@H](NC(=O)[C@H](Cc1ccc(-c2ncc(C3=Cc4ccccc4C3)cn2)cc1)NC(=O)c1ccc(C(C)(C)C)s1)C(=O)O. The van der Waals surface area contributed by atoms with Crippen LogP contribution in [0.5, 0.6) is 0 Å². The Balaban J connectivity index is 1.29. The Kier molecular flexibility index (Phi) is 8.54. The number of hydrogen-bond acceptors (Lipinski definition) is 6. The summed E-state index contributed by atoms with van der Waals surface area (Å²) in [7, 11) is 0. The third kappa shape index (κ3) is 7.06. The number of hydrogen-bond donors (Lipinski definition) is 3. The van der Waals surface area contributed by atoms with Gasteiger partial charge in [-0.25, -0.2) is 9.97 Å². The zero-order valence-corrected chi connectivity index (χ0v) is 25.4. The molecule has 2 heterocycles. The minimum Gasteiger partial charge on any atom is -0.480 e. The molecule has 43 heavy (non-hydrogen) atoms. The molecule has 4 aromatic rings. The van der Waals surface area contributed by atoms with Crippen molar-refractivity contribution in [3.05, 3.63) is 105 Å². The molecule has 1 aliphatic rings. The summed E-state index contributed by atoms with van der Waals surface area (Å²) >= 11 is 1.38. The summed E-state index contributed by atoms with van der Waals surface area (Å²) in [5, 5.41) is 14.6. The minimum atomic E-state index is -1.16. The van der Waals surface area contributed by atoms with E-state index in [2.05, 4.69) is 59.6 Å². The molecule has 3 N–H and O–H groups in total. The molecule has 0 saturated carbocycles. The van der Waals surface area contributed by atoms with Crippen LogP contribution >= 0.6 is 11.3 Å². The van der Waals surface area contributed by atoms with Gasteiger partial charge in [0.1, 0.15) is 12.1 Å². The number of carboxylic acids is 1. The number of fused-ring (bicyclic) bond motifs is 1. The van der Waals surface area contributed by atoms with Crippen molar-refractivity contribution in [1.82, 2.24) is 20.6 Å². The monoisotopic (exact) mass is 594 g/mol. The number of thiophene rings is 1. The zero-order chi connectivity index (χ0) is 30.7. The van der Waals surface area contributed by atoms with Crippen LogP contribution in [0.15, 0.2) is 73.1 Å². The van der Waals surface area contributed by atoms with Crippen LogP contribution < -0.4 is 10.6 Å². The minimum absolute atomic E-state index is 0.109. The maximum absolute atomic E-state index is 13.1. The number of carbonyl (C=O) groups excluding carboxylic acids is 2. The quantitative estimate of drug-likeness (QED) is 0.234. The van der Waals surface area contributed by atoms with Gasteiger partial charge in [-0.2, -0.15) is 0 Å². The molecule has 5 rings (SSSR count). The number of nitrogens with zero attached hydrogens (tertiary/aromatic N) is 2. The molecule has 0 radical (unpaired) electrons. The lowest BCUT2D eigenvalue weighted by Gasteiger charge is -2.20. The molecule has 0 unspecified atom stereocenters. The highest BCUT2D eigenvalue weighted by Gasteiger charge is 2.26. The summed E-state index contributed by atoms with van der Waals surface area (Å²) < 4.78 is 0. The van der Waals surface area contributed by atoms with E-state index in [0.717, 1.165) is 28.0 Å². The van der Waals surface area contributed by atoms with Crippen LogP contribution in [0.2, 0.25) is 0 Å². The van der Waals surface area contributed by atoms with E-state index in [9.17, 15) is 19.5 Å². The summed E-state index contributed by atoms with van der Waals surface area (Å²) in [5.74, 6) is -1.52. The first-order valence-electron chi connectivity index (χ1n) is 14.1. The Bertz CT molecular complexity index is 1680. The van der Waals surface area contributed by atoms with E-state index in [1.165, 1.54) is 35.0 Å². The molecule has 2 atom stereocenters. The van der Waals surface area contributed by atoms with E-state index < -0.39 is 24.0 Å². The van der Waals surface area contributed by atoms with Crippen molar-refractivity contribution < 1.29 is 19.5 Å². The Morgan fingerprint density at radius 2 is 1.63 bits per heavy atom. The van der Waals surface area contributed by atoms with Crippen LogP contribution in [0, 0.1) is 0 Å². The fourth-order valence-electron chi connectivity index (χ4n) is 4.81. The summed E-state index contributed by atoms with van der Waals surface area (Å²) in [5.41, 5.74) is 6.19. The average Bonchev–Trinajstić information content (AvgIpc) is 3.65. The zero-order valence-electron chi connectivity index (χ0n) is 24.5.